The highest BCUT2D eigenvalue weighted by atomic mass is 16.5. The highest BCUT2D eigenvalue weighted by Gasteiger charge is 2.22. The molecule has 2 aromatic rings. The molecule has 2 amide bonds. The molecule has 0 saturated carbocycles. The number of ether oxygens (including phenoxy) is 1. The summed E-state index contributed by atoms with van der Waals surface area (Å²) >= 11 is 0. The van der Waals surface area contributed by atoms with E-state index in [9.17, 15) is 9.59 Å². The zero-order valence-corrected chi connectivity index (χ0v) is 13.6. The lowest BCUT2D eigenvalue weighted by Gasteiger charge is -2.29. The molecular formula is C17H20N4O3. The van der Waals surface area contributed by atoms with Crippen molar-refractivity contribution in [2.24, 2.45) is 0 Å². The van der Waals surface area contributed by atoms with Crippen LogP contribution in [-0.2, 0) is 27.3 Å². The summed E-state index contributed by atoms with van der Waals surface area (Å²) in [6.07, 6.45) is 5.21. The highest BCUT2D eigenvalue weighted by Crippen LogP contribution is 2.30. The van der Waals surface area contributed by atoms with Crippen LogP contribution in [0.4, 0.5) is 11.4 Å². The Hall–Kier alpha value is -2.67. The Balaban J connectivity index is 1.75. The number of hydrogen-bond donors (Lipinski definition) is 1. The fourth-order valence-corrected chi connectivity index (χ4v) is 2.85. The van der Waals surface area contributed by atoms with Gasteiger partial charge in [0.05, 0.1) is 0 Å². The fourth-order valence-electron chi connectivity index (χ4n) is 2.85. The number of benzene rings is 1. The van der Waals surface area contributed by atoms with Gasteiger partial charge in [-0.2, -0.15) is 5.10 Å². The Kier molecular flexibility index (Phi) is 4.90. The summed E-state index contributed by atoms with van der Waals surface area (Å²) in [4.78, 5) is 26.0. The molecule has 7 nitrogen and oxygen atoms in total. The van der Waals surface area contributed by atoms with Gasteiger partial charge in [0.1, 0.15) is 13.2 Å². The molecule has 0 atom stereocenters. The van der Waals surface area contributed by atoms with Crippen molar-refractivity contribution in [2.75, 3.05) is 30.5 Å². The van der Waals surface area contributed by atoms with E-state index in [2.05, 4.69) is 10.4 Å². The minimum atomic E-state index is -0.163. The summed E-state index contributed by atoms with van der Waals surface area (Å²) in [6.45, 7) is 0.867. The summed E-state index contributed by atoms with van der Waals surface area (Å²) in [5.74, 6) is -0.234. The number of hydrogen-bond acceptors (Lipinski definition) is 4. The Bertz CT molecular complexity index is 727. The third-order valence-corrected chi connectivity index (χ3v) is 3.92. The van der Waals surface area contributed by atoms with E-state index < -0.39 is 0 Å². The van der Waals surface area contributed by atoms with Crippen LogP contribution in [0.1, 0.15) is 12.0 Å². The molecule has 0 unspecified atom stereocenters. The van der Waals surface area contributed by atoms with Crippen LogP contribution in [0.3, 0.4) is 0 Å². The molecule has 24 heavy (non-hydrogen) atoms. The maximum atomic E-state index is 12.2. The van der Waals surface area contributed by atoms with Crippen molar-refractivity contribution in [1.29, 1.82) is 0 Å². The fraction of sp³-hybridized carbons (Fsp3) is 0.353. The minimum absolute atomic E-state index is 0.0509. The second-order valence-corrected chi connectivity index (χ2v) is 5.68. The van der Waals surface area contributed by atoms with Crippen molar-refractivity contribution in [3.63, 3.8) is 0 Å². The lowest BCUT2D eigenvalue weighted by Crippen LogP contribution is -2.37. The smallest absolute Gasteiger partial charge is 0.252 e. The van der Waals surface area contributed by atoms with Gasteiger partial charge in [-0.15, -0.1) is 0 Å². The summed E-state index contributed by atoms with van der Waals surface area (Å²) in [5, 5.41) is 6.87. The van der Waals surface area contributed by atoms with Gasteiger partial charge < -0.3 is 15.0 Å². The number of amides is 2. The largest absolute Gasteiger partial charge is 0.375 e. The van der Waals surface area contributed by atoms with Crippen LogP contribution in [0.2, 0.25) is 0 Å². The van der Waals surface area contributed by atoms with Gasteiger partial charge in [0.25, 0.3) is 5.91 Å². The third kappa shape index (κ3) is 3.62. The normalized spacial score (nSPS) is 13.5. The second kappa shape index (κ2) is 7.27. The molecule has 0 spiro atoms. The van der Waals surface area contributed by atoms with Gasteiger partial charge in [0, 0.05) is 37.4 Å². The molecule has 1 aliphatic rings. The van der Waals surface area contributed by atoms with E-state index in [-0.39, 0.29) is 25.0 Å². The molecule has 0 fully saturated rings. The van der Waals surface area contributed by atoms with Crippen LogP contribution in [0.15, 0.2) is 36.7 Å². The van der Waals surface area contributed by atoms with Crippen molar-refractivity contribution in [3.8, 4) is 0 Å². The van der Waals surface area contributed by atoms with E-state index in [1.165, 1.54) is 7.11 Å². The predicted molar refractivity (Wildman–Crippen MR) is 89.8 cm³/mol. The number of anilines is 2. The van der Waals surface area contributed by atoms with Crippen LogP contribution in [-0.4, -0.2) is 41.9 Å². The minimum Gasteiger partial charge on any atom is -0.375 e. The second-order valence-electron chi connectivity index (χ2n) is 5.68. The lowest BCUT2D eigenvalue weighted by molar-refractivity contribution is -0.122. The number of aromatic nitrogens is 2. The van der Waals surface area contributed by atoms with Gasteiger partial charge in [0.15, 0.2) is 0 Å². The molecule has 0 saturated heterocycles. The number of nitrogens with one attached hydrogen (secondary N) is 1. The van der Waals surface area contributed by atoms with Crippen LogP contribution in [0, 0.1) is 0 Å². The first-order valence-electron chi connectivity index (χ1n) is 7.87. The first-order chi connectivity index (χ1) is 11.7. The Labute approximate surface area is 140 Å². The van der Waals surface area contributed by atoms with Crippen molar-refractivity contribution in [1.82, 2.24) is 9.78 Å². The van der Waals surface area contributed by atoms with E-state index in [4.69, 9.17) is 4.74 Å². The van der Waals surface area contributed by atoms with Crippen LogP contribution in [0.5, 0.6) is 0 Å². The SMILES string of the molecule is COCC(=O)N1CCCc2ccc(NC(=O)Cn3cccn3)cc21. The van der Waals surface area contributed by atoms with Crippen LogP contribution >= 0.6 is 0 Å². The Morgan fingerprint density at radius 2 is 2.25 bits per heavy atom. The zero-order valence-electron chi connectivity index (χ0n) is 13.6. The average molecular weight is 328 g/mol. The van der Waals surface area contributed by atoms with Gasteiger partial charge in [-0.3, -0.25) is 14.3 Å². The number of fused-ring (bicyclic) bond motifs is 1. The zero-order chi connectivity index (χ0) is 16.9. The molecule has 1 N–H and O–H groups in total. The molecule has 1 aromatic heterocycles. The van der Waals surface area contributed by atoms with Gasteiger partial charge in [-0.25, -0.2) is 0 Å². The van der Waals surface area contributed by atoms with Crippen LogP contribution in [0.25, 0.3) is 0 Å². The monoisotopic (exact) mass is 328 g/mol. The number of carbonyl (C=O) groups is 2. The quantitative estimate of drug-likeness (QED) is 0.901. The average Bonchev–Trinajstić information content (AvgIpc) is 3.07. The summed E-state index contributed by atoms with van der Waals surface area (Å²) in [7, 11) is 1.51. The standard InChI is InChI=1S/C17H20N4O3/c1-24-12-17(23)21-9-2-4-13-5-6-14(10-15(13)21)19-16(22)11-20-8-3-7-18-20/h3,5-8,10H,2,4,9,11-12H2,1H3,(H,19,22). The molecule has 1 aromatic carbocycles. The number of aryl methyl sites for hydroxylation is 1. The summed E-state index contributed by atoms with van der Waals surface area (Å²) in [6, 6.07) is 7.45. The first kappa shape index (κ1) is 16.2. The van der Waals surface area contributed by atoms with Crippen molar-refractivity contribution in [2.45, 2.75) is 19.4 Å². The molecule has 126 valence electrons. The van der Waals surface area contributed by atoms with E-state index >= 15 is 0 Å². The molecule has 0 aliphatic carbocycles. The first-order valence-corrected chi connectivity index (χ1v) is 7.87. The Morgan fingerprint density at radius 1 is 1.38 bits per heavy atom. The predicted octanol–water partition coefficient (Wildman–Crippen LogP) is 1.45. The van der Waals surface area contributed by atoms with Crippen molar-refractivity contribution in [3.05, 3.63) is 42.2 Å². The molecule has 3 rings (SSSR count). The van der Waals surface area contributed by atoms with Gasteiger partial charge >= 0.3 is 0 Å². The summed E-state index contributed by atoms with van der Waals surface area (Å²) < 4.78 is 6.51. The molecular weight excluding hydrogens is 308 g/mol. The summed E-state index contributed by atoms with van der Waals surface area (Å²) in [5.41, 5.74) is 2.62. The van der Waals surface area contributed by atoms with Crippen molar-refractivity contribution >= 4 is 23.2 Å². The van der Waals surface area contributed by atoms with E-state index in [0.717, 1.165) is 24.1 Å². The maximum Gasteiger partial charge on any atom is 0.252 e. The maximum absolute atomic E-state index is 12.2. The van der Waals surface area contributed by atoms with E-state index in [0.29, 0.717) is 12.2 Å². The van der Waals surface area contributed by atoms with Gasteiger partial charge in [-0.1, -0.05) is 6.07 Å². The molecule has 0 bridgehead atoms. The highest BCUT2D eigenvalue weighted by molar-refractivity contribution is 5.97. The van der Waals surface area contributed by atoms with Gasteiger partial charge in [-0.05, 0) is 36.6 Å². The topological polar surface area (TPSA) is 76.5 Å². The molecule has 7 heteroatoms. The molecule has 2 heterocycles. The third-order valence-electron chi connectivity index (χ3n) is 3.92. The lowest BCUT2D eigenvalue weighted by atomic mass is 10.0. The van der Waals surface area contributed by atoms with E-state index in [1.54, 1.807) is 28.0 Å². The van der Waals surface area contributed by atoms with E-state index in [1.807, 2.05) is 18.2 Å². The number of rotatable bonds is 5. The Morgan fingerprint density at radius 3 is 3.00 bits per heavy atom. The molecule has 1 aliphatic heterocycles. The van der Waals surface area contributed by atoms with Crippen molar-refractivity contribution < 1.29 is 14.3 Å². The number of methoxy groups -OCH3 is 1. The van der Waals surface area contributed by atoms with Crippen LogP contribution < -0.4 is 10.2 Å². The number of carbonyl (C=O) groups excluding carboxylic acids is 2. The molecule has 0 radical (unpaired) electrons. The van der Waals surface area contributed by atoms with Gasteiger partial charge in [0.2, 0.25) is 5.91 Å². The number of nitrogens with zero attached hydrogens (tertiary/aromatic N) is 3.